The van der Waals surface area contributed by atoms with E-state index in [1.54, 1.807) is 0 Å². The number of halogens is 1. The Balaban J connectivity index is 1.20. The number of hydrogen-bond acceptors (Lipinski definition) is 2. The lowest BCUT2D eigenvalue weighted by molar-refractivity contribution is 0.793. The SMILES string of the molecule is Clc1cccc(N(c2ccccc2)c2cccc(N(c3ccccc3)c3ccc4c(c3)C3(c5ccccc5-c5ccccc53)c3ccccc3-4)c2)c1. The minimum atomic E-state index is -0.421. The minimum Gasteiger partial charge on any atom is -0.310 e. The summed E-state index contributed by atoms with van der Waals surface area (Å²) < 4.78 is 0. The maximum atomic E-state index is 6.57. The Labute approximate surface area is 309 Å². The first-order valence-electron chi connectivity index (χ1n) is 17.7. The van der Waals surface area contributed by atoms with Gasteiger partial charge in [-0.05, 0) is 117 Å². The number of rotatable bonds is 6. The molecule has 10 rings (SSSR count). The number of fused-ring (bicyclic) bond motifs is 10. The van der Waals surface area contributed by atoms with Crippen molar-refractivity contribution in [3.8, 4) is 22.3 Å². The third kappa shape index (κ3) is 4.58. The van der Waals surface area contributed by atoms with Gasteiger partial charge in [-0.25, -0.2) is 0 Å². The van der Waals surface area contributed by atoms with Crippen LogP contribution in [-0.4, -0.2) is 0 Å². The number of anilines is 6. The fourth-order valence-corrected chi connectivity index (χ4v) is 8.84. The van der Waals surface area contributed by atoms with Crippen molar-refractivity contribution >= 4 is 45.7 Å². The van der Waals surface area contributed by atoms with Gasteiger partial charge in [0.15, 0.2) is 0 Å². The first kappa shape index (κ1) is 30.5. The lowest BCUT2D eigenvalue weighted by Crippen LogP contribution is -2.26. The molecular formula is C49H33ClN2. The zero-order valence-electron chi connectivity index (χ0n) is 28.3. The predicted molar refractivity (Wildman–Crippen MR) is 217 cm³/mol. The van der Waals surface area contributed by atoms with Crippen LogP contribution < -0.4 is 9.80 Å². The highest BCUT2D eigenvalue weighted by Gasteiger charge is 2.51. The van der Waals surface area contributed by atoms with Gasteiger partial charge in [0.1, 0.15) is 0 Å². The van der Waals surface area contributed by atoms with Crippen LogP contribution in [0.15, 0.2) is 200 Å². The van der Waals surface area contributed by atoms with E-state index in [1.165, 1.54) is 44.5 Å². The molecule has 0 radical (unpaired) electrons. The molecule has 52 heavy (non-hydrogen) atoms. The molecule has 0 aliphatic heterocycles. The van der Waals surface area contributed by atoms with Gasteiger partial charge in [-0.2, -0.15) is 0 Å². The second-order valence-electron chi connectivity index (χ2n) is 13.5. The smallest absolute Gasteiger partial charge is 0.0726 e. The Bertz CT molecular complexity index is 2550. The number of nitrogens with zero attached hydrogens (tertiary/aromatic N) is 2. The Morgan fingerprint density at radius 2 is 0.673 bits per heavy atom. The topological polar surface area (TPSA) is 6.48 Å². The van der Waals surface area contributed by atoms with E-state index in [-0.39, 0.29) is 0 Å². The summed E-state index contributed by atoms with van der Waals surface area (Å²) in [6, 6.07) is 72.0. The fourth-order valence-electron chi connectivity index (χ4n) is 8.66. The molecule has 0 heterocycles. The molecule has 0 fully saturated rings. The van der Waals surface area contributed by atoms with Gasteiger partial charge >= 0.3 is 0 Å². The van der Waals surface area contributed by atoms with E-state index in [0.29, 0.717) is 5.02 Å². The first-order chi connectivity index (χ1) is 25.7. The van der Waals surface area contributed by atoms with Crippen molar-refractivity contribution in [2.24, 2.45) is 0 Å². The van der Waals surface area contributed by atoms with Gasteiger partial charge in [0.25, 0.3) is 0 Å². The van der Waals surface area contributed by atoms with Gasteiger partial charge in [0, 0.05) is 39.1 Å². The van der Waals surface area contributed by atoms with Crippen LogP contribution in [0.4, 0.5) is 34.1 Å². The maximum Gasteiger partial charge on any atom is 0.0726 e. The van der Waals surface area contributed by atoms with Gasteiger partial charge in [0.05, 0.1) is 5.41 Å². The van der Waals surface area contributed by atoms with Gasteiger partial charge in [-0.1, -0.05) is 139 Å². The summed E-state index contributed by atoms with van der Waals surface area (Å²) in [6.45, 7) is 0. The first-order valence-corrected chi connectivity index (χ1v) is 18.1. The molecule has 0 N–H and O–H groups in total. The van der Waals surface area contributed by atoms with E-state index in [4.69, 9.17) is 11.6 Å². The molecule has 2 aliphatic rings. The highest BCUT2D eigenvalue weighted by Crippen LogP contribution is 2.63. The van der Waals surface area contributed by atoms with Gasteiger partial charge < -0.3 is 9.80 Å². The molecule has 246 valence electrons. The Morgan fingerprint density at radius 1 is 0.288 bits per heavy atom. The second kappa shape index (κ2) is 12.2. The number of benzene rings is 8. The molecule has 8 aromatic rings. The standard InChI is InChI=1S/C49H33ClN2/c50-34-15-13-20-37(31-34)51(35-16-3-1-4-17-35)38-21-14-22-39(32-38)52(36-18-5-2-6-19-36)40-29-30-44-43-25-9-12-28-47(43)49(48(44)33-40)45-26-10-7-23-41(45)42-24-8-11-27-46(42)49/h1-33H. The fraction of sp³-hybridized carbons (Fsp3) is 0.0204. The average Bonchev–Trinajstić information content (AvgIpc) is 3.66. The molecule has 2 aliphatic carbocycles. The Morgan fingerprint density at radius 3 is 1.17 bits per heavy atom. The van der Waals surface area contributed by atoms with Gasteiger partial charge in [0.2, 0.25) is 0 Å². The monoisotopic (exact) mass is 684 g/mol. The molecule has 0 saturated heterocycles. The van der Waals surface area contributed by atoms with E-state index < -0.39 is 5.41 Å². The summed E-state index contributed by atoms with van der Waals surface area (Å²) >= 11 is 6.57. The third-order valence-electron chi connectivity index (χ3n) is 10.7. The Kier molecular flexibility index (Phi) is 7.12. The normalized spacial score (nSPS) is 12.9. The Hall–Kier alpha value is -6.35. The molecule has 0 unspecified atom stereocenters. The van der Waals surface area contributed by atoms with Crippen LogP contribution in [0.25, 0.3) is 22.3 Å². The largest absolute Gasteiger partial charge is 0.310 e. The molecule has 2 nitrogen and oxygen atoms in total. The van der Waals surface area contributed by atoms with Crippen molar-refractivity contribution < 1.29 is 0 Å². The average molecular weight is 685 g/mol. The van der Waals surface area contributed by atoms with E-state index in [2.05, 4.69) is 186 Å². The predicted octanol–water partition coefficient (Wildman–Crippen LogP) is 13.6. The van der Waals surface area contributed by atoms with Crippen LogP contribution in [0, 0.1) is 0 Å². The molecule has 8 aromatic carbocycles. The van der Waals surface area contributed by atoms with Crippen molar-refractivity contribution in [1.29, 1.82) is 0 Å². The maximum absolute atomic E-state index is 6.57. The lowest BCUT2D eigenvalue weighted by Gasteiger charge is -2.32. The van der Waals surface area contributed by atoms with Crippen LogP contribution in [0.3, 0.4) is 0 Å². The minimum absolute atomic E-state index is 0.421. The van der Waals surface area contributed by atoms with Crippen LogP contribution in [0.5, 0.6) is 0 Å². The summed E-state index contributed by atoms with van der Waals surface area (Å²) in [7, 11) is 0. The third-order valence-corrected chi connectivity index (χ3v) is 10.9. The van der Waals surface area contributed by atoms with Crippen LogP contribution in [0.1, 0.15) is 22.3 Å². The van der Waals surface area contributed by atoms with Crippen LogP contribution in [0.2, 0.25) is 5.02 Å². The van der Waals surface area contributed by atoms with E-state index in [1.807, 2.05) is 24.3 Å². The second-order valence-corrected chi connectivity index (χ2v) is 13.9. The summed E-state index contributed by atoms with van der Waals surface area (Å²) in [6.07, 6.45) is 0. The van der Waals surface area contributed by atoms with Crippen molar-refractivity contribution in [2.75, 3.05) is 9.80 Å². The van der Waals surface area contributed by atoms with Gasteiger partial charge in [-0.3, -0.25) is 0 Å². The molecule has 0 atom stereocenters. The van der Waals surface area contributed by atoms with Crippen molar-refractivity contribution in [3.05, 3.63) is 227 Å². The quantitative estimate of drug-likeness (QED) is 0.172. The number of hydrogen-bond donors (Lipinski definition) is 0. The summed E-state index contributed by atoms with van der Waals surface area (Å²) in [5.41, 5.74) is 16.4. The van der Waals surface area contributed by atoms with Crippen LogP contribution >= 0.6 is 11.6 Å². The zero-order valence-corrected chi connectivity index (χ0v) is 29.1. The molecule has 1 spiro atoms. The molecule has 0 saturated carbocycles. The molecule has 3 heteroatoms. The summed E-state index contributed by atoms with van der Waals surface area (Å²) in [5, 5.41) is 0.698. The molecule has 0 aromatic heterocycles. The van der Waals surface area contributed by atoms with E-state index >= 15 is 0 Å². The number of para-hydroxylation sites is 2. The highest BCUT2D eigenvalue weighted by molar-refractivity contribution is 6.30. The highest BCUT2D eigenvalue weighted by atomic mass is 35.5. The molecule has 0 bridgehead atoms. The van der Waals surface area contributed by atoms with E-state index in [9.17, 15) is 0 Å². The van der Waals surface area contributed by atoms with Crippen molar-refractivity contribution in [2.45, 2.75) is 5.41 Å². The van der Waals surface area contributed by atoms with Gasteiger partial charge in [-0.15, -0.1) is 0 Å². The zero-order chi connectivity index (χ0) is 34.6. The van der Waals surface area contributed by atoms with Crippen molar-refractivity contribution in [1.82, 2.24) is 0 Å². The van der Waals surface area contributed by atoms with Crippen molar-refractivity contribution in [3.63, 3.8) is 0 Å². The summed E-state index contributed by atoms with van der Waals surface area (Å²) in [4.78, 5) is 4.65. The summed E-state index contributed by atoms with van der Waals surface area (Å²) in [5.74, 6) is 0. The lowest BCUT2D eigenvalue weighted by atomic mass is 9.70. The van der Waals surface area contributed by atoms with Crippen LogP contribution in [-0.2, 0) is 5.41 Å². The molecular weight excluding hydrogens is 652 g/mol. The molecule has 0 amide bonds. The van der Waals surface area contributed by atoms with E-state index in [0.717, 1.165) is 34.1 Å².